The van der Waals surface area contributed by atoms with Gasteiger partial charge in [-0.1, -0.05) is 12.1 Å². The van der Waals surface area contributed by atoms with Crippen LogP contribution >= 0.6 is 12.4 Å². The van der Waals surface area contributed by atoms with Crippen LogP contribution in [0.5, 0.6) is 0 Å². The summed E-state index contributed by atoms with van der Waals surface area (Å²) in [6, 6.07) is 3.53. The zero-order chi connectivity index (χ0) is 12.3. The third kappa shape index (κ3) is 5.01. The quantitative estimate of drug-likeness (QED) is 0.678. The first-order chi connectivity index (χ1) is 7.29. The topological polar surface area (TPSA) is 69.2 Å². The minimum atomic E-state index is -4.35. The molecule has 0 unspecified atom stereocenters. The number of alkyl halides is 3. The van der Waals surface area contributed by atoms with Gasteiger partial charge < -0.3 is 5.73 Å². The molecule has 0 aliphatic heterocycles. The maximum atomic E-state index is 12.0. The summed E-state index contributed by atoms with van der Waals surface area (Å²) < 4.78 is 36.0. The molecule has 0 heterocycles. The first-order valence-corrected chi connectivity index (χ1v) is 4.36. The molecule has 0 radical (unpaired) electrons. The highest BCUT2D eigenvalue weighted by atomic mass is 35.5. The Morgan fingerprint density at radius 1 is 1.29 bits per heavy atom. The summed E-state index contributed by atoms with van der Waals surface area (Å²) in [5.74, 6) is 0. The molecule has 4 nitrogen and oxygen atoms in total. The molecule has 0 aliphatic carbocycles. The number of nitro groups is 1. The van der Waals surface area contributed by atoms with E-state index < -0.39 is 23.6 Å². The zero-order valence-corrected chi connectivity index (χ0v) is 9.29. The molecule has 1 atom stereocenters. The second kappa shape index (κ2) is 5.83. The van der Waals surface area contributed by atoms with E-state index in [1.807, 2.05) is 0 Å². The van der Waals surface area contributed by atoms with Crippen LogP contribution in [0.15, 0.2) is 24.3 Å². The molecule has 8 heteroatoms. The Hall–Kier alpha value is -1.34. The summed E-state index contributed by atoms with van der Waals surface area (Å²) in [5.41, 5.74) is 5.36. The summed E-state index contributed by atoms with van der Waals surface area (Å²) in [7, 11) is 0. The molecule has 1 aromatic rings. The van der Waals surface area contributed by atoms with E-state index in [1.165, 1.54) is 12.1 Å². The Labute approximate surface area is 101 Å². The minimum absolute atomic E-state index is 0. The van der Waals surface area contributed by atoms with Crippen LogP contribution in [0.4, 0.5) is 18.9 Å². The number of non-ortho nitro benzene ring substituents is 1. The van der Waals surface area contributed by atoms with Crippen molar-refractivity contribution >= 4 is 18.1 Å². The Morgan fingerprint density at radius 3 is 2.12 bits per heavy atom. The van der Waals surface area contributed by atoms with Crippen LogP contribution in [0.1, 0.15) is 18.0 Å². The van der Waals surface area contributed by atoms with Gasteiger partial charge in [-0.05, 0) is 5.56 Å². The summed E-state index contributed by atoms with van der Waals surface area (Å²) in [5, 5.41) is 10.3. The van der Waals surface area contributed by atoms with E-state index in [2.05, 4.69) is 0 Å². The second-order valence-corrected chi connectivity index (χ2v) is 3.27. The minimum Gasteiger partial charge on any atom is -0.324 e. The first-order valence-electron chi connectivity index (χ1n) is 4.36. The second-order valence-electron chi connectivity index (χ2n) is 3.27. The molecule has 0 bridgehead atoms. The van der Waals surface area contributed by atoms with Crippen molar-refractivity contribution in [2.75, 3.05) is 0 Å². The summed E-state index contributed by atoms with van der Waals surface area (Å²) >= 11 is 0. The molecular weight excluding hydrogens is 261 g/mol. The van der Waals surface area contributed by atoms with Crippen LogP contribution in [0.25, 0.3) is 0 Å². The number of rotatable bonds is 3. The SMILES string of the molecule is Cl.N[C@@H](CC(F)(F)F)c1ccc([N+](=O)[O-])cc1. The normalized spacial score (nSPS) is 12.7. The lowest BCUT2D eigenvalue weighted by Crippen LogP contribution is -2.20. The largest absolute Gasteiger partial charge is 0.390 e. The number of hydrogen-bond acceptors (Lipinski definition) is 3. The number of nitro benzene ring substituents is 1. The van der Waals surface area contributed by atoms with Crippen LogP contribution < -0.4 is 5.73 Å². The van der Waals surface area contributed by atoms with E-state index in [-0.39, 0.29) is 23.7 Å². The molecule has 0 spiro atoms. The fraction of sp³-hybridized carbons (Fsp3) is 0.333. The van der Waals surface area contributed by atoms with Gasteiger partial charge in [0.2, 0.25) is 0 Å². The van der Waals surface area contributed by atoms with Gasteiger partial charge in [-0.3, -0.25) is 10.1 Å². The molecule has 1 aromatic carbocycles. The zero-order valence-electron chi connectivity index (χ0n) is 8.48. The smallest absolute Gasteiger partial charge is 0.324 e. The molecule has 0 aromatic heterocycles. The Bertz CT molecular complexity index is 381. The number of hydrogen-bond donors (Lipinski definition) is 1. The molecule has 1 rings (SSSR count). The standard InChI is InChI=1S/C9H9F3N2O2.ClH/c10-9(11,12)5-8(13)6-1-3-7(4-2-6)14(15)16;/h1-4,8H,5,13H2;1H/t8-;/m0./s1. The fourth-order valence-corrected chi connectivity index (χ4v) is 1.21. The predicted octanol–water partition coefficient (Wildman–Crippen LogP) is 2.97. The molecule has 0 fully saturated rings. The molecule has 0 saturated heterocycles. The Balaban J connectivity index is 0.00000256. The van der Waals surface area contributed by atoms with Crippen LogP contribution in [0.3, 0.4) is 0 Å². The maximum absolute atomic E-state index is 12.0. The van der Waals surface area contributed by atoms with Gasteiger partial charge in [-0.2, -0.15) is 13.2 Å². The van der Waals surface area contributed by atoms with E-state index in [0.29, 0.717) is 0 Å². The van der Waals surface area contributed by atoms with Crippen LogP contribution in [0, 0.1) is 10.1 Å². The van der Waals surface area contributed by atoms with Crippen molar-refractivity contribution in [3.05, 3.63) is 39.9 Å². The van der Waals surface area contributed by atoms with E-state index in [9.17, 15) is 23.3 Å². The van der Waals surface area contributed by atoms with E-state index >= 15 is 0 Å². The van der Waals surface area contributed by atoms with Gasteiger partial charge in [-0.15, -0.1) is 12.4 Å². The highest BCUT2D eigenvalue weighted by Crippen LogP contribution is 2.28. The summed E-state index contributed by atoms with van der Waals surface area (Å²) in [4.78, 5) is 9.68. The van der Waals surface area contributed by atoms with Crippen molar-refractivity contribution < 1.29 is 18.1 Å². The van der Waals surface area contributed by atoms with Crippen molar-refractivity contribution in [3.63, 3.8) is 0 Å². The third-order valence-electron chi connectivity index (χ3n) is 1.98. The van der Waals surface area contributed by atoms with Gasteiger partial charge in [-0.25, -0.2) is 0 Å². The van der Waals surface area contributed by atoms with Crippen molar-refractivity contribution in [3.8, 4) is 0 Å². The highest BCUT2D eigenvalue weighted by Gasteiger charge is 2.30. The molecular formula is C9H10ClF3N2O2. The molecule has 0 amide bonds. The van der Waals surface area contributed by atoms with Gasteiger partial charge in [0.15, 0.2) is 0 Å². The summed E-state index contributed by atoms with van der Waals surface area (Å²) in [6.07, 6.45) is -5.49. The van der Waals surface area contributed by atoms with Crippen molar-refractivity contribution in [2.45, 2.75) is 18.6 Å². The van der Waals surface area contributed by atoms with Gasteiger partial charge in [0.05, 0.1) is 11.3 Å². The lowest BCUT2D eigenvalue weighted by Gasteiger charge is -2.13. The van der Waals surface area contributed by atoms with Crippen LogP contribution in [-0.4, -0.2) is 11.1 Å². The van der Waals surface area contributed by atoms with Gasteiger partial charge >= 0.3 is 6.18 Å². The molecule has 2 N–H and O–H groups in total. The number of benzene rings is 1. The number of nitrogens with zero attached hydrogens (tertiary/aromatic N) is 1. The lowest BCUT2D eigenvalue weighted by molar-refractivity contribution is -0.384. The first kappa shape index (κ1) is 15.7. The number of halogens is 4. The van der Waals surface area contributed by atoms with E-state index in [4.69, 9.17) is 5.73 Å². The number of nitrogens with two attached hydrogens (primary N) is 1. The lowest BCUT2D eigenvalue weighted by atomic mass is 10.0. The van der Waals surface area contributed by atoms with E-state index in [0.717, 1.165) is 12.1 Å². The van der Waals surface area contributed by atoms with Gasteiger partial charge in [0.25, 0.3) is 5.69 Å². The predicted molar refractivity (Wildman–Crippen MR) is 57.9 cm³/mol. The molecule has 96 valence electrons. The molecule has 0 aliphatic rings. The third-order valence-corrected chi connectivity index (χ3v) is 1.98. The summed E-state index contributed by atoms with van der Waals surface area (Å²) in [6.45, 7) is 0. The molecule has 0 saturated carbocycles. The highest BCUT2D eigenvalue weighted by molar-refractivity contribution is 5.85. The van der Waals surface area contributed by atoms with Crippen molar-refractivity contribution in [2.24, 2.45) is 5.73 Å². The van der Waals surface area contributed by atoms with Crippen LogP contribution in [0.2, 0.25) is 0 Å². The average molecular weight is 271 g/mol. The van der Waals surface area contributed by atoms with Crippen molar-refractivity contribution in [1.29, 1.82) is 0 Å². The average Bonchev–Trinajstić information content (AvgIpc) is 2.15. The Morgan fingerprint density at radius 2 is 1.76 bits per heavy atom. The maximum Gasteiger partial charge on any atom is 0.390 e. The van der Waals surface area contributed by atoms with Crippen molar-refractivity contribution in [1.82, 2.24) is 0 Å². The monoisotopic (exact) mass is 270 g/mol. The van der Waals surface area contributed by atoms with Gasteiger partial charge in [0, 0.05) is 18.2 Å². The van der Waals surface area contributed by atoms with Gasteiger partial charge in [0.1, 0.15) is 0 Å². The fourth-order valence-electron chi connectivity index (χ4n) is 1.21. The van der Waals surface area contributed by atoms with Crippen LogP contribution in [-0.2, 0) is 0 Å². The Kier molecular flexibility index (Phi) is 5.37. The molecule has 17 heavy (non-hydrogen) atoms. The van der Waals surface area contributed by atoms with E-state index in [1.54, 1.807) is 0 Å².